The van der Waals surface area contributed by atoms with Gasteiger partial charge in [-0.25, -0.2) is 4.98 Å². The fourth-order valence-electron chi connectivity index (χ4n) is 4.35. The number of fused-ring (bicyclic) bond motifs is 3. The summed E-state index contributed by atoms with van der Waals surface area (Å²) in [7, 11) is 0. The summed E-state index contributed by atoms with van der Waals surface area (Å²) in [6.07, 6.45) is 2.00. The summed E-state index contributed by atoms with van der Waals surface area (Å²) in [5, 5.41) is 0.824. The summed E-state index contributed by atoms with van der Waals surface area (Å²) in [5.74, 6) is 1.41. The Kier molecular flexibility index (Phi) is 5.00. The first kappa shape index (κ1) is 20.4. The Balaban J connectivity index is 1.39. The van der Waals surface area contributed by atoms with Gasteiger partial charge in [0.25, 0.3) is 5.91 Å². The van der Waals surface area contributed by atoms with E-state index in [1.807, 2.05) is 37.8 Å². The molecule has 0 saturated carbocycles. The van der Waals surface area contributed by atoms with E-state index in [-0.39, 0.29) is 29.7 Å². The van der Waals surface area contributed by atoms with Gasteiger partial charge in [-0.05, 0) is 44.5 Å². The van der Waals surface area contributed by atoms with Gasteiger partial charge in [0.1, 0.15) is 29.8 Å². The molecule has 3 aromatic rings. The Morgan fingerprint density at radius 1 is 1.22 bits per heavy atom. The lowest BCUT2D eigenvalue weighted by molar-refractivity contribution is 0.0709. The van der Waals surface area contributed by atoms with Crippen molar-refractivity contribution in [1.82, 2.24) is 14.9 Å². The van der Waals surface area contributed by atoms with E-state index in [1.54, 1.807) is 18.3 Å². The zero-order valence-corrected chi connectivity index (χ0v) is 18.3. The lowest BCUT2D eigenvalue weighted by Crippen LogP contribution is -2.37. The molecule has 1 fully saturated rings. The number of ether oxygens (including phenoxy) is 3. The van der Waals surface area contributed by atoms with Crippen LogP contribution in [0, 0.1) is 6.92 Å². The van der Waals surface area contributed by atoms with Crippen molar-refractivity contribution >= 4 is 16.8 Å². The second-order valence-corrected chi connectivity index (χ2v) is 8.63. The largest absolute Gasteiger partial charge is 0.490 e. The first-order valence-corrected chi connectivity index (χ1v) is 10.8. The number of aryl methyl sites for hydroxylation is 1. The number of nitrogens with zero attached hydrogens (tertiary/aromatic N) is 2. The molecule has 2 aromatic heterocycles. The molecule has 1 aromatic carbocycles. The molecular formula is C24H25N3O5. The third kappa shape index (κ3) is 3.77. The van der Waals surface area contributed by atoms with E-state index in [1.165, 1.54) is 6.07 Å². The standard InChI is InChI=1S/C24H25N3O5/c1-13(2)31-20-7-14(3)6-19-23(20)24(29)27-11-17(8-16(27)12-30-19)32-22-9-18-15(10-25-22)4-5-21(28)26-18/h4-7,9-10,13,16-17H,8,11-12H2,1-3H3,(H,26,28)/t16-,17+/m1/s1. The lowest BCUT2D eigenvalue weighted by atomic mass is 10.1. The van der Waals surface area contributed by atoms with Crippen molar-refractivity contribution < 1.29 is 19.0 Å². The summed E-state index contributed by atoms with van der Waals surface area (Å²) >= 11 is 0. The van der Waals surface area contributed by atoms with Crippen LogP contribution in [0.15, 0.2) is 41.3 Å². The molecule has 8 nitrogen and oxygen atoms in total. The van der Waals surface area contributed by atoms with Crippen LogP contribution in [0.25, 0.3) is 10.9 Å². The van der Waals surface area contributed by atoms with Gasteiger partial charge in [0.2, 0.25) is 11.4 Å². The van der Waals surface area contributed by atoms with Crippen LogP contribution in [0.1, 0.15) is 36.2 Å². The van der Waals surface area contributed by atoms with Gasteiger partial charge in [0.15, 0.2) is 0 Å². The third-order valence-corrected chi connectivity index (χ3v) is 5.72. The highest BCUT2D eigenvalue weighted by molar-refractivity contribution is 6.00. The number of hydrogen-bond acceptors (Lipinski definition) is 6. The molecule has 2 aliphatic heterocycles. The van der Waals surface area contributed by atoms with E-state index in [0.717, 1.165) is 10.9 Å². The number of pyridine rings is 2. The lowest BCUT2D eigenvalue weighted by Gasteiger charge is -2.21. The highest BCUT2D eigenvalue weighted by Crippen LogP contribution is 2.37. The monoisotopic (exact) mass is 435 g/mol. The molecule has 1 amide bonds. The fourth-order valence-corrected chi connectivity index (χ4v) is 4.35. The predicted octanol–water partition coefficient (Wildman–Crippen LogP) is 3.07. The summed E-state index contributed by atoms with van der Waals surface area (Å²) in [6, 6.07) is 8.56. The first-order valence-electron chi connectivity index (χ1n) is 10.8. The molecule has 2 aliphatic rings. The Labute approximate surface area is 185 Å². The van der Waals surface area contributed by atoms with Crippen LogP contribution >= 0.6 is 0 Å². The Bertz CT molecular complexity index is 1250. The van der Waals surface area contributed by atoms with Gasteiger partial charge in [0.05, 0.1) is 24.2 Å². The van der Waals surface area contributed by atoms with Crippen LogP contribution < -0.4 is 19.8 Å². The molecule has 1 N–H and O–H groups in total. The number of carbonyl (C=O) groups excluding carboxylic acids is 1. The van der Waals surface area contributed by atoms with E-state index in [9.17, 15) is 9.59 Å². The molecule has 0 radical (unpaired) electrons. The molecule has 32 heavy (non-hydrogen) atoms. The number of rotatable bonds is 4. The second kappa shape index (κ2) is 7.85. The third-order valence-electron chi connectivity index (χ3n) is 5.72. The van der Waals surface area contributed by atoms with E-state index in [0.29, 0.717) is 48.0 Å². The van der Waals surface area contributed by atoms with Gasteiger partial charge in [-0.2, -0.15) is 0 Å². The Hall–Kier alpha value is -3.55. The molecular weight excluding hydrogens is 410 g/mol. The van der Waals surface area contributed by atoms with Crippen LogP contribution in [0.2, 0.25) is 0 Å². The van der Waals surface area contributed by atoms with Crippen LogP contribution in [0.4, 0.5) is 0 Å². The van der Waals surface area contributed by atoms with Gasteiger partial charge in [-0.15, -0.1) is 0 Å². The number of H-pyrrole nitrogens is 1. The van der Waals surface area contributed by atoms with Crippen LogP contribution in [0.5, 0.6) is 17.4 Å². The second-order valence-electron chi connectivity index (χ2n) is 8.63. The SMILES string of the molecule is Cc1cc2c(c(OC(C)C)c1)C(=O)N1C[C@@H](Oc3cc4[nH]c(=O)ccc4cn3)C[C@@H]1CO2. The highest BCUT2D eigenvalue weighted by Gasteiger charge is 2.41. The van der Waals surface area contributed by atoms with Crippen LogP contribution in [-0.2, 0) is 0 Å². The van der Waals surface area contributed by atoms with Gasteiger partial charge < -0.3 is 24.1 Å². The minimum atomic E-state index is -0.227. The maximum atomic E-state index is 13.5. The van der Waals surface area contributed by atoms with Gasteiger partial charge in [0, 0.05) is 30.1 Å². The average molecular weight is 435 g/mol. The highest BCUT2D eigenvalue weighted by atomic mass is 16.5. The van der Waals surface area contributed by atoms with Crippen LogP contribution in [0.3, 0.4) is 0 Å². The molecule has 2 atom stereocenters. The number of hydrogen-bond donors (Lipinski definition) is 1. The average Bonchev–Trinajstić information content (AvgIpc) is 3.08. The summed E-state index contributed by atoms with van der Waals surface area (Å²) in [5.41, 5.74) is 1.93. The van der Waals surface area contributed by atoms with Crippen molar-refractivity contribution in [2.75, 3.05) is 13.2 Å². The quantitative estimate of drug-likeness (QED) is 0.677. The minimum Gasteiger partial charge on any atom is -0.490 e. The normalized spacial score (nSPS) is 20.0. The van der Waals surface area contributed by atoms with Gasteiger partial charge in [-0.3, -0.25) is 9.59 Å². The number of aromatic amines is 1. The Morgan fingerprint density at radius 2 is 2.06 bits per heavy atom. The minimum absolute atomic E-state index is 0.0622. The Morgan fingerprint density at radius 3 is 2.88 bits per heavy atom. The fraction of sp³-hybridized carbons (Fsp3) is 0.375. The molecule has 4 heterocycles. The predicted molar refractivity (Wildman–Crippen MR) is 119 cm³/mol. The van der Waals surface area contributed by atoms with E-state index in [2.05, 4.69) is 9.97 Å². The zero-order valence-electron chi connectivity index (χ0n) is 18.3. The van der Waals surface area contributed by atoms with Gasteiger partial charge in [-0.1, -0.05) is 0 Å². The van der Waals surface area contributed by atoms with Crippen LogP contribution in [-0.4, -0.2) is 52.2 Å². The molecule has 0 aliphatic carbocycles. The van der Waals surface area contributed by atoms with Crippen molar-refractivity contribution in [1.29, 1.82) is 0 Å². The summed E-state index contributed by atoms with van der Waals surface area (Å²) in [6.45, 7) is 6.64. The number of amides is 1. The maximum absolute atomic E-state index is 13.5. The molecule has 5 rings (SSSR count). The summed E-state index contributed by atoms with van der Waals surface area (Å²) < 4.78 is 18.1. The molecule has 0 spiro atoms. The molecule has 0 unspecified atom stereocenters. The van der Waals surface area contributed by atoms with E-state index in [4.69, 9.17) is 14.2 Å². The smallest absolute Gasteiger partial charge is 0.261 e. The zero-order chi connectivity index (χ0) is 22.4. The van der Waals surface area contributed by atoms with Crippen molar-refractivity contribution in [3.63, 3.8) is 0 Å². The number of nitrogens with one attached hydrogen (secondary N) is 1. The molecule has 1 saturated heterocycles. The maximum Gasteiger partial charge on any atom is 0.261 e. The summed E-state index contributed by atoms with van der Waals surface area (Å²) in [4.78, 5) is 34.0. The number of benzene rings is 1. The van der Waals surface area contributed by atoms with E-state index >= 15 is 0 Å². The van der Waals surface area contributed by atoms with Crippen molar-refractivity contribution in [2.45, 2.75) is 45.4 Å². The number of carbonyl (C=O) groups is 1. The van der Waals surface area contributed by atoms with E-state index < -0.39 is 0 Å². The molecule has 8 heteroatoms. The van der Waals surface area contributed by atoms with Crippen molar-refractivity contribution in [3.05, 3.63) is 58.0 Å². The van der Waals surface area contributed by atoms with Crippen molar-refractivity contribution in [2.24, 2.45) is 0 Å². The number of aromatic nitrogens is 2. The topological polar surface area (TPSA) is 93.8 Å². The van der Waals surface area contributed by atoms with Gasteiger partial charge >= 0.3 is 0 Å². The van der Waals surface area contributed by atoms with Crippen molar-refractivity contribution in [3.8, 4) is 17.4 Å². The molecule has 0 bridgehead atoms. The molecule has 166 valence electrons. The first-order chi connectivity index (χ1) is 15.4.